The topological polar surface area (TPSA) is 69.6 Å². The molecule has 0 bridgehead atoms. The molecule has 5 fully saturated rings. The van der Waals surface area contributed by atoms with Gasteiger partial charge in [0.1, 0.15) is 6.67 Å². The molecule has 0 radical (unpaired) electrons. The van der Waals surface area contributed by atoms with Crippen molar-refractivity contribution < 1.29 is 18.5 Å². The third-order valence-electron chi connectivity index (χ3n) is 16.8. The summed E-state index contributed by atoms with van der Waals surface area (Å²) >= 11 is 0. The Bertz CT molecular complexity index is 1380. The third kappa shape index (κ3) is 6.07. The van der Waals surface area contributed by atoms with Crippen LogP contribution < -0.4 is 5.32 Å². The minimum Gasteiger partial charge on any atom is -0.481 e. The van der Waals surface area contributed by atoms with Crippen LogP contribution >= 0.6 is 0 Å². The molecule has 0 aromatic rings. The molecule has 6 aliphatic carbocycles. The molecule has 1 heterocycles. The van der Waals surface area contributed by atoms with Gasteiger partial charge >= 0.3 is 5.97 Å². The third-order valence-corrected chi connectivity index (χ3v) is 18.1. The summed E-state index contributed by atoms with van der Waals surface area (Å²) < 4.78 is 25.8. The van der Waals surface area contributed by atoms with Gasteiger partial charge in [0.15, 0.2) is 0 Å². The number of aliphatic carboxylic acids is 1. The lowest BCUT2D eigenvalue weighted by molar-refractivity contribution is -0.218. The van der Waals surface area contributed by atoms with E-state index in [9.17, 15) is 18.5 Å². The van der Waals surface area contributed by atoms with Gasteiger partial charge in [-0.15, -0.1) is 6.58 Å². The Kier molecular flexibility index (Phi) is 10.9. The zero-order chi connectivity index (χ0) is 36.2. The highest BCUT2D eigenvalue weighted by molar-refractivity contribution is 7.85. The number of carbonyl (C=O) groups is 1. The Morgan fingerprint density at radius 1 is 0.960 bits per heavy atom. The number of rotatable bonds is 7. The molecule has 50 heavy (non-hydrogen) atoms. The van der Waals surface area contributed by atoms with E-state index in [1.54, 1.807) is 6.08 Å². The molecule has 0 aromatic carbocycles. The Morgan fingerprint density at radius 3 is 2.32 bits per heavy atom. The second kappa shape index (κ2) is 14.2. The highest BCUT2D eigenvalue weighted by atomic mass is 32.2. The summed E-state index contributed by atoms with van der Waals surface area (Å²) in [6, 6.07) is 0. The SMILES string of the molecule is C=CC.CC1(C)C(C2=CC[C@@](CF)(C(=O)O)CC2)=CCC2(C)C3CCC4[C@H]5CCCC5(NCCN5CCS(=O)CC5)CC[C@@]4(C)C3(C)CC[C@@H]12. The Hall–Kier alpha value is -1.31. The summed E-state index contributed by atoms with van der Waals surface area (Å²) in [7, 11) is -0.608. The van der Waals surface area contributed by atoms with E-state index in [-0.39, 0.29) is 10.8 Å². The quantitative estimate of drug-likeness (QED) is 0.258. The number of allylic oxidation sites excluding steroid dienone is 5. The van der Waals surface area contributed by atoms with Crippen molar-refractivity contribution in [3.05, 3.63) is 36.0 Å². The lowest BCUT2D eigenvalue weighted by Gasteiger charge is -2.72. The molecule has 0 amide bonds. The minimum atomic E-state index is -1.24. The molecule has 5 unspecified atom stereocenters. The standard InChI is InChI=1S/C40H63FN2O3S.C3H6/c1-35(2)29(28-10-17-39(27-41,18-11-28)34(44)45)12-15-36(3)32(35)13-16-38(5)33(36)9-8-30-31-7-6-14-40(31,20-19-37(30,38)4)42-21-22-43-23-25-47(46)26-24-43;1-3-2/h10,12,30-33,42H,6-9,11,13-27H2,1-5H3,(H,44,45);3H,1H2,2H3/t30?,31-,32+,33?,36?,37-,38?,39-,40?;/m1./s1. The molecule has 7 heteroatoms. The average Bonchev–Trinajstić information content (AvgIpc) is 3.50. The number of fused-ring (bicyclic) bond motifs is 7. The van der Waals surface area contributed by atoms with Crippen molar-refractivity contribution in [3.8, 4) is 0 Å². The van der Waals surface area contributed by atoms with Crippen LogP contribution in [0.1, 0.15) is 125 Å². The van der Waals surface area contributed by atoms with Gasteiger partial charge in [-0.05, 0) is 140 Å². The van der Waals surface area contributed by atoms with Crippen molar-refractivity contribution in [1.82, 2.24) is 10.2 Å². The molecule has 9 atom stereocenters. The monoisotopic (exact) mass is 713 g/mol. The van der Waals surface area contributed by atoms with Crippen LogP contribution in [-0.4, -0.2) is 70.1 Å². The summed E-state index contributed by atoms with van der Waals surface area (Å²) in [5.74, 6) is 3.59. The highest BCUT2D eigenvalue weighted by Gasteiger charge is 2.69. The van der Waals surface area contributed by atoms with Crippen LogP contribution in [0.15, 0.2) is 36.0 Å². The largest absolute Gasteiger partial charge is 0.481 e. The summed E-state index contributed by atoms with van der Waals surface area (Å²) in [5.41, 5.74) is 2.79. The number of halogens is 1. The fraction of sp³-hybridized carbons (Fsp3) is 0.837. The average molecular weight is 713 g/mol. The first kappa shape index (κ1) is 38.4. The van der Waals surface area contributed by atoms with Crippen molar-refractivity contribution in [2.45, 2.75) is 131 Å². The van der Waals surface area contributed by atoms with E-state index < -0.39 is 28.9 Å². The predicted molar refractivity (Wildman–Crippen MR) is 205 cm³/mol. The van der Waals surface area contributed by atoms with Crippen LogP contribution in [0, 0.1) is 50.7 Å². The van der Waals surface area contributed by atoms with Crippen molar-refractivity contribution in [2.24, 2.45) is 50.7 Å². The predicted octanol–water partition coefficient (Wildman–Crippen LogP) is 9.13. The van der Waals surface area contributed by atoms with Crippen LogP contribution in [0.3, 0.4) is 0 Å². The van der Waals surface area contributed by atoms with Gasteiger partial charge in [-0.1, -0.05) is 59.3 Å². The first-order valence-corrected chi connectivity index (χ1v) is 21.7. The maximum atomic E-state index is 13.9. The van der Waals surface area contributed by atoms with E-state index in [1.165, 1.54) is 68.9 Å². The first-order chi connectivity index (χ1) is 23.7. The number of nitrogens with one attached hydrogen (secondary N) is 1. The van der Waals surface area contributed by atoms with Gasteiger partial charge in [-0.2, -0.15) is 0 Å². The summed E-state index contributed by atoms with van der Waals surface area (Å²) in [4.78, 5) is 14.5. The molecule has 7 rings (SSSR count). The lowest BCUT2D eigenvalue weighted by Crippen LogP contribution is -2.67. The van der Waals surface area contributed by atoms with Gasteiger partial charge in [0.05, 0.1) is 5.41 Å². The molecule has 1 saturated heterocycles. The first-order valence-electron chi connectivity index (χ1n) is 20.3. The lowest BCUT2D eigenvalue weighted by atomic mass is 9.33. The summed E-state index contributed by atoms with van der Waals surface area (Å²) in [6.07, 6.45) is 20.9. The number of carboxylic acids is 1. The molecule has 0 spiro atoms. The maximum Gasteiger partial charge on any atom is 0.312 e. The maximum absolute atomic E-state index is 13.9. The molecule has 282 valence electrons. The molecule has 1 aliphatic heterocycles. The van der Waals surface area contributed by atoms with Crippen LogP contribution in [0.25, 0.3) is 0 Å². The van der Waals surface area contributed by atoms with Gasteiger partial charge in [-0.3, -0.25) is 9.00 Å². The zero-order valence-corrected chi connectivity index (χ0v) is 33.2. The second-order valence-corrected chi connectivity index (χ2v) is 20.7. The summed E-state index contributed by atoms with van der Waals surface area (Å²) in [6.45, 7) is 21.6. The second-order valence-electron chi connectivity index (χ2n) is 19.0. The van der Waals surface area contributed by atoms with Gasteiger partial charge < -0.3 is 15.3 Å². The molecule has 5 nitrogen and oxygen atoms in total. The van der Waals surface area contributed by atoms with E-state index in [0.29, 0.717) is 47.5 Å². The van der Waals surface area contributed by atoms with Crippen LogP contribution in [0.2, 0.25) is 0 Å². The van der Waals surface area contributed by atoms with Crippen molar-refractivity contribution >= 4 is 16.8 Å². The molecular formula is C43H69FN2O3S. The normalized spacial score (nSPS) is 44.2. The Labute approximate surface area is 306 Å². The number of hydrogen-bond donors (Lipinski definition) is 2. The van der Waals surface area contributed by atoms with Gasteiger partial charge in [-0.25, -0.2) is 4.39 Å². The fourth-order valence-corrected chi connectivity index (χ4v) is 15.0. The number of alkyl halides is 1. The van der Waals surface area contributed by atoms with Gasteiger partial charge in [0.25, 0.3) is 0 Å². The summed E-state index contributed by atoms with van der Waals surface area (Å²) in [5, 5.41) is 14.0. The number of hydrogen-bond acceptors (Lipinski definition) is 4. The van der Waals surface area contributed by atoms with Crippen LogP contribution in [0.5, 0.6) is 0 Å². The molecule has 2 N–H and O–H groups in total. The zero-order valence-electron chi connectivity index (χ0n) is 32.4. The van der Waals surface area contributed by atoms with Crippen molar-refractivity contribution in [2.75, 3.05) is 44.4 Å². The molecule has 7 aliphatic rings. The van der Waals surface area contributed by atoms with Crippen LogP contribution in [0.4, 0.5) is 4.39 Å². The number of nitrogens with zero attached hydrogens (tertiary/aromatic N) is 1. The van der Waals surface area contributed by atoms with E-state index >= 15 is 0 Å². The molecule has 4 saturated carbocycles. The molecular weight excluding hydrogens is 644 g/mol. The fourth-order valence-electron chi connectivity index (χ4n) is 13.9. The Balaban J connectivity index is 0.00000139. The van der Waals surface area contributed by atoms with Crippen LogP contribution in [-0.2, 0) is 15.6 Å². The van der Waals surface area contributed by atoms with E-state index in [2.05, 4.69) is 63.6 Å². The van der Waals surface area contributed by atoms with Gasteiger partial charge in [0.2, 0.25) is 0 Å². The highest BCUT2D eigenvalue weighted by Crippen LogP contribution is 2.76. The van der Waals surface area contributed by atoms with E-state index in [4.69, 9.17) is 0 Å². The number of carboxylic acid groups (broad SMARTS) is 1. The molecule has 0 aromatic heterocycles. The Morgan fingerprint density at radius 2 is 1.68 bits per heavy atom. The smallest absolute Gasteiger partial charge is 0.312 e. The van der Waals surface area contributed by atoms with Gasteiger partial charge in [0, 0.05) is 54.0 Å². The van der Waals surface area contributed by atoms with Crippen molar-refractivity contribution in [1.29, 1.82) is 0 Å². The van der Waals surface area contributed by atoms with E-state index in [0.717, 1.165) is 55.9 Å². The van der Waals surface area contributed by atoms with E-state index in [1.807, 2.05) is 6.92 Å². The van der Waals surface area contributed by atoms with Crippen molar-refractivity contribution in [3.63, 3.8) is 0 Å². The minimum absolute atomic E-state index is 0.0251.